The van der Waals surface area contributed by atoms with Crippen molar-refractivity contribution >= 4 is 11.6 Å². The summed E-state index contributed by atoms with van der Waals surface area (Å²) in [6, 6.07) is 3.05. The summed E-state index contributed by atoms with van der Waals surface area (Å²) < 4.78 is 25.0. The summed E-state index contributed by atoms with van der Waals surface area (Å²) in [7, 11) is 0. The first-order valence-electron chi connectivity index (χ1n) is 4.06. The molecule has 0 radical (unpaired) electrons. The van der Waals surface area contributed by atoms with E-state index in [0.717, 1.165) is 0 Å². The van der Waals surface area contributed by atoms with Gasteiger partial charge in [-0.1, -0.05) is 0 Å². The Morgan fingerprint density at radius 2 is 2.27 bits per heavy atom. The molecule has 0 atom stereocenters. The zero-order valence-corrected chi connectivity index (χ0v) is 8.31. The molecule has 0 saturated heterocycles. The van der Waals surface area contributed by atoms with E-state index in [9.17, 15) is 13.6 Å². The lowest BCUT2D eigenvalue weighted by Crippen LogP contribution is -2.17. The molecule has 6 heteroatoms. The fourth-order valence-electron chi connectivity index (χ4n) is 1.23. The van der Waals surface area contributed by atoms with Crippen LogP contribution in [0.15, 0.2) is 10.9 Å². The van der Waals surface area contributed by atoms with Gasteiger partial charge in [0.05, 0.1) is 23.9 Å². The number of hydrogen-bond donors (Lipinski definition) is 1. The second-order valence-corrected chi connectivity index (χ2v) is 3.10. The maximum atomic E-state index is 12.5. The molecule has 1 heterocycles. The van der Waals surface area contributed by atoms with Crippen LogP contribution in [-0.4, -0.2) is 4.98 Å². The lowest BCUT2D eigenvalue weighted by atomic mass is 10.1. The standard InChI is InChI=1S/C9H7ClF2N2O/c10-4-6-3-5(1-2-13)7(8(11)12)9(15)14-6/h3,8H,1,4H2,(H,14,15). The number of hydrogen-bond acceptors (Lipinski definition) is 2. The maximum absolute atomic E-state index is 12.5. The smallest absolute Gasteiger partial charge is 0.269 e. The van der Waals surface area contributed by atoms with Gasteiger partial charge < -0.3 is 4.98 Å². The number of aromatic amines is 1. The Morgan fingerprint density at radius 3 is 2.73 bits per heavy atom. The van der Waals surface area contributed by atoms with Crippen molar-refractivity contribution < 1.29 is 8.78 Å². The number of rotatable bonds is 3. The van der Waals surface area contributed by atoms with Crippen molar-refractivity contribution in [3.8, 4) is 6.07 Å². The van der Waals surface area contributed by atoms with Gasteiger partial charge in [-0.15, -0.1) is 11.6 Å². The molecule has 0 aromatic carbocycles. The highest BCUT2D eigenvalue weighted by Crippen LogP contribution is 2.20. The van der Waals surface area contributed by atoms with E-state index in [1.165, 1.54) is 6.07 Å². The Labute approximate surface area is 89.3 Å². The molecule has 1 rings (SSSR count). The van der Waals surface area contributed by atoms with Crippen molar-refractivity contribution in [2.75, 3.05) is 0 Å². The Hall–Kier alpha value is -1.41. The summed E-state index contributed by atoms with van der Waals surface area (Å²) in [4.78, 5) is 13.5. The van der Waals surface area contributed by atoms with Crippen molar-refractivity contribution in [3.05, 3.63) is 33.2 Å². The predicted octanol–water partition coefficient (Wildman–Crippen LogP) is 2.12. The number of nitrogens with zero attached hydrogens (tertiary/aromatic N) is 1. The first-order valence-corrected chi connectivity index (χ1v) is 4.59. The fraction of sp³-hybridized carbons (Fsp3) is 0.333. The van der Waals surface area contributed by atoms with Gasteiger partial charge in [-0.2, -0.15) is 5.26 Å². The lowest BCUT2D eigenvalue weighted by molar-refractivity contribution is 0.148. The van der Waals surface area contributed by atoms with Gasteiger partial charge in [0.25, 0.3) is 12.0 Å². The molecule has 0 aliphatic heterocycles. The van der Waals surface area contributed by atoms with Gasteiger partial charge in [0.15, 0.2) is 0 Å². The van der Waals surface area contributed by atoms with Gasteiger partial charge in [0.2, 0.25) is 0 Å². The van der Waals surface area contributed by atoms with E-state index in [1.807, 2.05) is 0 Å². The first kappa shape index (κ1) is 11.7. The zero-order chi connectivity index (χ0) is 11.4. The average Bonchev–Trinajstić information content (AvgIpc) is 2.16. The van der Waals surface area contributed by atoms with Crippen LogP contribution in [0.3, 0.4) is 0 Å². The first-order chi connectivity index (χ1) is 7.10. The third-order valence-corrected chi connectivity index (χ3v) is 2.13. The van der Waals surface area contributed by atoms with Crippen molar-refractivity contribution in [2.45, 2.75) is 18.7 Å². The molecule has 1 N–H and O–H groups in total. The zero-order valence-electron chi connectivity index (χ0n) is 7.56. The Kier molecular flexibility index (Phi) is 3.81. The van der Waals surface area contributed by atoms with Gasteiger partial charge >= 0.3 is 0 Å². The van der Waals surface area contributed by atoms with Crippen LogP contribution >= 0.6 is 11.6 Å². The van der Waals surface area contributed by atoms with Gasteiger partial charge in [-0.3, -0.25) is 4.79 Å². The average molecular weight is 233 g/mol. The van der Waals surface area contributed by atoms with Crippen LogP contribution in [0.5, 0.6) is 0 Å². The monoisotopic (exact) mass is 232 g/mol. The maximum Gasteiger partial charge on any atom is 0.269 e. The minimum absolute atomic E-state index is 0.0111. The minimum Gasteiger partial charge on any atom is -0.325 e. The molecule has 0 aliphatic carbocycles. The van der Waals surface area contributed by atoms with E-state index in [4.69, 9.17) is 16.9 Å². The summed E-state index contributed by atoms with van der Waals surface area (Å²) in [5.74, 6) is 0.0111. The molecule has 3 nitrogen and oxygen atoms in total. The van der Waals surface area contributed by atoms with E-state index in [-0.39, 0.29) is 17.9 Å². The molecule has 1 aromatic heterocycles. The molecule has 0 fully saturated rings. The number of nitriles is 1. The number of pyridine rings is 1. The molecule has 0 amide bonds. The van der Waals surface area contributed by atoms with E-state index < -0.39 is 17.5 Å². The van der Waals surface area contributed by atoms with Crippen LogP contribution in [0.2, 0.25) is 0 Å². The van der Waals surface area contributed by atoms with Crippen LogP contribution in [0.4, 0.5) is 8.78 Å². The molecular formula is C9H7ClF2N2O. The quantitative estimate of drug-likeness (QED) is 0.812. The molecule has 0 spiro atoms. The Morgan fingerprint density at radius 1 is 1.60 bits per heavy atom. The van der Waals surface area contributed by atoms with E-state index in [2.05, 4.69) is 4.98 Å². The van der Waals surface area contributed by atoms with Crippen LogP contribution in [-0.2, 0) is 12.3 Å². The van der Waals surface area contributed by atoms with Crippen LogP contribution in [0.25, 0.3) is 0 Å². The number of alkyl halides is 3. The molecule has 0 unspecified atom stereocenters. The molecule has 80 valence electrons. The van der Waals surface area contributed by atoms with Gasteiger partial charge in [-0.05, 0) is 11.6 Å². The highest BCUT2D eigenvalue weighted by Gasteiger charge is 2.18. The second-order valence-electron chi connectivity index (χ2n) is 2.83. The summed E-state index contributed by atoms with van der Waals surface area (Å²) >= 11 is 5.46. The Balaban J connectivity index is 3.37. The summed E-state index contributed by atoms with van der Waals surface area (Å²) in [5, 5.41) is 8.44. The molecule has 0 saturated carbocycles. The SMILES string of the molecule is N#CCc1cc(CCl)[nH]c(=O)c1C(F)F. The summed E-state index contributed by atoms with van der Waals surface area (Å²) in [5.41, 5.74) is -1.16. The fourth-order valence-corrected chi connectivity index (χ4v) is 1.37. The van der Waals surface area contributed by atoms with Crippen molar-refractivity contribution in [3.63, 3.8) is 0 Å². The highest BCUT2D eigenvalue weighted by atomic mass is 35.5. The van der Waals surface area contributed by atoms with Crippen LogP contribution < -0.4 is 5.56 Å². The van der Waals surface area contributed by atoms with Gasteiger partial charge in [-0.25, -0.2) is 8.78 Å². The molecule has 0 aliphatic rings. The highest BCUT2D eigenvalue weighted by molar-refractivity contribution is 6.16. The van der Waals surface area contributed by atoms with Crippen LogP contribution in [0.1, 0.15) is 23.2 Å². The summed E-state index contributed by atoms with van der Waals surface area (Å²) in [6.07, 6.45) is -3.12. The number of aromatic nitrogens is 1. The van der Waals surface area contributed by atoms with E-state index in [0.29, 0.717) is 5.69 Å². The van der Waals surface area contributed by atoms with Gasteiger partial charge in [0.1, 0.15) is 0 Å². The third-order valence-electron chi connectivity index (χ3n) is 1.84. The lowest BCUT2D eigenvalue weighted by Gasteiger charge is -2.06. The molecule has 15 heavy (non-hydrogen) atoms. The number of nitrogens with one attached hydrogen (secondary N) is 1. The topological polar surface area (TPSA) is 56.6 Å². The second kappa shape index (κ2) is 4.89. The Bertz CT molecular complexity index is 450. The van der Waals surface area contributed by atoms with Gasteiger partial charge in [0, 0.05) is 5.69 Å². The predicted molar refractivity (Wildman–Crippen MR) is 50.9 cm³/mol. The summed E-state index contributed by atoms with van der Waals surface area (Å²) in [6.45, 7) is 0. The largest absolute Gasteiger partial charge is 0.325 e. The molecular weight excluding hydrogens is 226 g/mol. The van der Waals surface area contributed by atoms with Crippen molar-refractivity contribution in [1.82, 2.24) is 4.98 Å². The van der Waals surface area contributed by atoms with E-state index in [1.54, 1.807) is 6.07 Å². The minimum atomic E-state index is -2.89. The third kappa shape index (κ3) is 2.54. The van der Waals surface area contributed by atoms with Crippen molar-refractivity contribution in [2.24, 2.45) is 0 Å². The van der Waals surface area contributed by atoms with Crippen LogP contribution in [0, 0.1) is 11.3 Å². The number of halogens is 3. The van der Waals surface area contributed by atoms with Crippen molar-refractivity contribution in [1.29, 1.82) is 5.26 Å². The molecule has 0 bridgehead atoms. The molecule has 1 aromatic rings. The number of H-pyrrole nitrogens is 1. The van der Waals surface area contributed by atoms with E-state index >= 15 is 0 Å². The normalized spacial score (nSPS) is 10.3.